The summed E-state index contributed by atoms with van der Waals surface area (Å²) >= 11 is 0. The van der Waals surface area contributed by atoms with Gasteiger partial charge in [0.1, 0.15) is 11.4 Å². The Labute approximate surface area is 202 Å². The SMILES string of the molecule is COCCN(Cc1c(-c2ccccc2)nn(C)c1Oc1ccccc1)CC(O)COCC(C)C. The van der Waals surface area contributed by atoms with Crippen molar-refractivity contribution >= 4 is 0 Å². The minimum atomic E-state index is -0.606. The average molecular weight is 468 g/mol. The molecule has 0 saturated heterocycles. The van der Waals surface area contributed by atoms with Gasteiger partial charge in [0.2, 0.25) is 5.88 Å². The number of aryl methyl sites for hydroxylation is 1. The molecule has 3 aromatic rings. The van der Waals surface area contributed by atoms with E-state index in [1.807, 2.05) is 67.7 Å². The highest BCUT2D eigenvalue weighted by Crippen LogP contribution is 2.34. The van der Waals surface area contributed by atoms with Gasteiger partial charge in [-0.3, -0.25) is 4.90 Å². The number of aliphatic hydroxyl groups is 1. The van der Waals surface area contributed by atoms with Crippen molar-refractivity contribution in [3.05, 3.63) is 66.2 Å². The van der Waals surface area contributed by atoms with Crippen molar-refractivity contribution in [3.63, 3.8) is 0 Å². The van der Waals surface area contributed by atoms with Crippen LogP contribution in [0.3, 0.4) is 0 Å². The van der Waals surface area contributed by atoms with Crippen molar-refractivity contribution in [1.82, 2.24) is 14.7 Å². The molecular weight excluding hydrogens is 430 g/mol. The Balaban J connectivity index is 1.88. The van der Waals surface area contributed by atoms with Gasteiger partial charge in [-0.2, -0.15) is 5.10 Å². The van der Waals surface area contributed by atoms with Gasteiger partial charge < -0.3 is 19.3 Å². The van der Waals surface area contributed by atoms with E-state index < -0.39 is 6.10 Å². The summed E-state index contributed by atoms with van der Waals surface area (Å²) in [5, 5.41) is 15.5. The predicted molar refractivity (Wildman–Crippen MR) is 134 cm³/mol. The molecule has 0 spiro atoms. The zero-order chi connectivity index (χ0) is 24.3. The summed E-state index contributed by atoms with van der Waals surface area (Å²) in [7, 11) is 3.58. The zero-order valence-corrected chi connectivity index (χ0v) is 20.7. The molecule has 3 rings (SSSR count). The molecule has 1 aromatic heterocycles. The van der Waals surface area contributed by atoms with E-state index in [9.17, 15) is 5.11 Å². The summed E-state index contributed by atoms with van der Waals surface area (Å²) in [5.74, 6) is 1.85. The van der Waals surface area contributed by atoms with Gasteiger partial charge in [0.25, 0.3) is 0 Å². The highest BCUT2D eigenvalue weighted by Gasteiger charge is 2.23. The van der Waals surface area contributed by atoms with E-state index in [1.165, 1.54) is 0 Å². The first-order chi connectivity index (χ1) is 16.5. The Kier molecular flexibility index (Phi) is 10.1. The first-order valence-electron chi connectivity index (χ1n) is 11.8. The average Bonchev–Trinajstić information content (AvgIpc) is 3.13. The molecule has 0 aliphatic heterocycles. The summed E-state index contributed by atoms with van der Waals surface area (Å²) in [4.78, 5) is 2.16. The van der Waals surface area contributed by atoms with E-state index in [0.717, 1.165) is 22.6 Å². The minimum Gasteiger partial charge on any atom is -0.439 e. The second kappa shape index (κ2) is 13.2. The summed E-state index contributed by atoms with van der Waals surface area (Å²) in [6, 6.07) is 19.8. The van der Waals surface area contributed by atoms with Crippen LogP contribution in [0.4, 0.5) is 0 Å². The predicted octanol–water partition coefficient (Wildman–Crippen LogP) is 4.36. The van der Waals surface area contributed by atoms with Crippen LogP contribution in [0.2, 0.25) is 0 Å². The number of hydrogen-bond acceptors (Lipinski definition) is 6. The second-order valence-electron chi connectivity index (χ2n) is 8.85. The fourth-order valence-electron chi connectivity index (χ4n) is 3.72. The molecule has 7 heteroatoms. The Morgan fingerprint density at radius 3 is 2.32 bits per heavy atom. The molecule has 2 aromatic carbocycles. The zero-order valence-electron chi connectivity index (χ0n) is 20.7. The molecule has 0 amide bonds. The lowest BCUT2D eigenvalue weighted by Crippen LogP contribution is -2.37. The van der Waals surface area contributed by atoms with Gasteiger partial charge in [-0.15, -0.1) is 0 Å². The van der Waals surface area contributed by atoms with Crippen LogP contribution in [-0.4, -0.2) is 65.9 Å². The third-order valence-corrected chi connectivity index (χ3v) is 5.32. The molecule has 0 saturated carbocycles. The first kappa shape index (κ1) is 25.9. The smallest absolute Gasteiger partial charge is 0.222 e. The number of ether oxygens (including phenoxy) is 3. The van der Waals surface area contributed by atoms with Gasteiger partial charge in [-0.1, -0.05) is 62.4 Å². The fraction of sp³-hybridized carbons (Fsp3) is 0.444. The van der Waals surface area contributed by atoms with E-state index in [0.29, 0.717) is 51.3 Å². The van der Waals surface area contributed by atoms with Crippen LogP contribution < -0.4 is 4.74 Å². The highest BCUT2D eigenvalue weighted by atomic mass is 16.5. The molecule has 184 valence electrons. The number of aliphatic hydroxyl groups excluding tert-OH is 1. The monoisotopic (exact) mass is 467 g/mol. The molecule has 1 atom stereocenters. The molecule has 0 bridgehead atoms. The molecular formula is C27H37N3O4. The van der Waals surface area contributed by atoms with Crippen LogP contribution in [0, 0.1) is 5.92 Å². The van der Waals surface area contributed by atoms with Gasteiger partial charge in [-0.05, 0) is 18.1 Å². The van der Waals surface area contributed by atoms with Gasteiger partial charge >= 0.3 is 0 Å². The van der Waals surface area contributed by atoms with Crippen molar-refractivity contribution in [2.24, 2.45) is 13.0 Å². The molecule has 1 heterocycles. The molecule has 0 fully saturated rings. The van der Waals surface area contributed by atoms with Crippen LogP contribution in [0.25, 0.3) is 11.3 Å². The number of para-hydroxylation sites is 1. The number of methoxy groups -OCH3 is 1. The summed E-state index contributed by atoms with van der Waals surface area (Å²) < 4.78 is 19.1. The lowest BCUT2D eigenvalue weighted by molar-refractivity contribution is 0.00329. The Morgan fingerprint density at radius 2 is 1.68 bits per heavy atom. The van der Waals surface area contributed by atoms with Crippen LogP contribution in [0.15, 0.2) is 60.7 Å². The normalized spacial score (nSPS) is 12.4. The number of aromatic nitrogens is 2. The van der Waals surface area contributed by atoms with Crippen LogP contribution in [-0.2, 0) is 23.1 Å². The van der Waals surface area contributed by atoms with Crippen molar-refractivity contribution in [2.75, 3.05) is 40.0 Å². The van der Waals surface area contributed by atoms with Crippen molar-refractivity contribution in [1.29, 1.82) is 0 Å². The van der Waals surface area contributed by atoms with Gasteiger partial charge in [-0.25, -0.2) is 4.68 Å². The van der Waals surface area contributed by atoms with Crippen LogP contribution >= 0.6 is 0 Å². The topological polar surface area (TPSA) is 69.0 Å². The molecule has 34 heavy (non-hydrogen) atoms. The second-order valence-corrected chi connectivity index (χ2v) is 8.85. The lowest BCUT2D eigenvalue weighted by Gasteiger charge is -2.25. The third kappa shape index (κ3) is 7.67. The maximum absolute atomic E-state index is 10.6. The molecule has 0 radical (unpaired) electrons. The standard InChI is InChI=1S/C27H37N3O4/c1-21(2)19-33-20-23(31)17-30(15-16-32-4)18-25-26(22-11-7-5-8-12-22)28-29(3)27(25)34-24-13-9-6-10-14-24/h5-14,21,23,31H,15-20H2,1-4H3. The van der Waals surface area contributed by atoms with Gasteiger partial charge in [0.05, 0.1) is 24.9 Å². The molecule has 1 N–H and O–H groups in total. The van der Waals surface area contributed by atoms with E-state index in [-0.39, 0.29) is 0 Å². The number of nitrogens with zero attached hydrogens (tertiary/aromatic N) is 3. The molecule has 0 aliphatic rings. The maximum atomic E-state index is 10.6. The van der Waals surface area contributed by atoms with E-state index in [2.05, 4.69) is 18.7 Å². The number of benzene rings is 2. The van der Waals surface area contributed by atoms with Crippen molar-refractivity contribution in [3.8, 4) is 22.9 Å². The Bertz CT molecular complexity index is 976. The van der Waals surface area contributed by atoms with E-state index in [4.69, 9.17) is 19.3 Å². The van der Waals surface area contributed by atoms with Crippen LogP contribution in [0.1, 0.15) is 19.4 Å². The third-order valence-electron chi connectivity index (χ3n) is 5.32. The largest absolute Gasteiger partial charge is 0.439 e. The van der Waals surface area contributed by atoms with Crippen molar-refractivity contribution in [2.45, 2.75) is 26.5 Å². The maximum Gasteiger partial charge on any atom is 0.222 e. The number of rotatable bonds is 14. The summed E-state index contributed by atoms with van der Waals surface area (Å²) in [5.41, 5.74) is 2.84. The molecule has 1 unspecified atom stereocenters. The molecule has 0 aliphatic carbocycles. The lowest BCUT2D eigenvalue weighted by atomic mass is 10.1. The fourth-order valence-corrected chi connectivity index (χ4v) is 3.72. The van der Waals surface area contributed by atoms with Gasteiger partial charge in [0, 0.05) is 46.0 Å². The quantitative estimate of drug-likeness (QED) is 0.380. The van der Waals surface area contributed by atoms with E-state index in [1.54, 1.807) is 11.8 Å². The Hall–Kier alpha value is -2.71. The Morgan fingerprint density at radius 1 is 1.00 bits per heavy atom. The van der Waals surface area contributed by atoms with Gasteiger partial charge in [0.15, 0.2) is 0 Å². The van der Waals surface area contributed by atoms with Crippen molar-refractivity contribution < 1.29 is 19.3 Å². The van der Waals surface area contributed by atoms with Crippen LogP contribution in [0.5, 0.6) is 11.6 Å². The first-order valence-corrected chi connectivity index (χ1v) is 11.8. The number of hydrogen-bond donors (Lipinski definition) is 1. The van der Waals surface area contributed by atoms with E-state index >= 15 is 0 Å². The summed E-state index contributed by atoms with van der Waals surface area (Å²) in [6.45, 7) is 7.33. The minimum absolute atomic E-state index is 0.299. The highest BCUT2D eigenvalue weighted by molar-refractivity contribution is 5.65. The summed E-state index contributed by atoms with van der Waals surface area (Å²) in [6.07, 6.45) is -0.606. The molecule has 7 nitrogen and oxygen atoms in total.